The Kier molecular flexibility index (Phi) is 13.6. The lowest BCUT2D eigenvalue weighted by Gasteiger charge is -2.28. The molecule has 1 N–H and O–H groups in total. The monoisotopic (exact) mass is 608 g/mol. The van der Waals surface area contributed by atoms with Crippen LogP contribution in [0.25, 0.3) is 11.1 Å². The van der Waals surface area contributed by atoms with Gasteiger partial charge in [0.25, 0.3) is 0 Å². The third-order valence-corrected chi connectivity index (χ3v) is 8.14. The first-order chi connectivity index (χ1) is 21.1. The van der Waals surface area contributed by atoms with Crippen molar-refractivity contribution in [3.05, 3.63) is 60.2 Å². The topological polar surface area (TPSA) is 108 Å². The van der Waals surface area contributed by atoms with Gasteiger partial charge in [0, 0.05) is 7.11 Å². The molecule has 44 heavy (non-hydrogen) atoms. The molecule has 8 nitrogen and oxygen atoms in total. The van der Waals surface area contributed by atoms with E-state index in [1.807, 2.05) is 0 Å². The lowest BCUT2D eigenvalue weighted by atomic mass is 9.84. The third kappa shape index (κ3) is 10.3. The molecule has 2 aromatic carbocycles. The fourth-order valence-corrected chi connectivity index (χ4v) is 5.18. The van der Waals surface area contributed by atoms with Crippen molar-refractivity contribution in [2.24, 2.45) is 11.3 Å². The number of hydrogen-bond donors (Lipinski definition) is 1. The molecule has 0 atom stereocenters. The van der Waals surface area contributed by atoms with Crippen molar-refractivity contribution < 1.29 is 38.4 Å². The van der Waals surface area contributed by atoms with Crippen LogP contribution in [0.15, 0.2) is 54.6 Å². The number of carbonyl (C=O) groups excluding carboxylic acids is 3. The zero-order chi connectivity index (χ0) is 32.1. The minimum absolute atomic E-state index is 0.0722. The highest BCUT2D eigenvalue weighted by atomic mass is 16.6. The van der Waals surface area contributed by atoms with E-state index in [0.717, 1.165) is 31.2 Å². The minimum Gasteiger partial charge on any atom is -0.459 e. The number of unbranched alkanes of at least 4 members (excludes halogenated alkanes) is 4. The van der Waals surface area contributed by atoms with E-state index in [9.17, 15) is 19.5 Å². The predicted molar refractivity (Wildman–Crippen MR) is 170 cm³/mol. The molecule has 1 aliphatic rings. The number of benzene rings is 2. The maximum Gasteiger partial charge on any atom is 0.342 e. The van der Waals surface area contributed by atoms with Gasteiger partial charge >= 0.3 is 17.9 Å². The van der Waals surface area contributed by atoms with Gasteiger partial charge in [-0.1, -0.05) is 70.2 Å². The first kappa shape index (κ1) is 35.0. The molecule has 8 heteroatoms. The molecule has 0 heterocycles. The average Bonchev–Trinajstić information content (AvgIpc) is 3.02. The highest BCUT2D eigenvalue weighted by Crippen LogP contribution is 2.34. The summed E-state index contributed by atoms with van der Waals surface area (Å²) >= 11 is 0. The molecule has 0 aliphatic heterocycles. The molecule has 240 valence electrons. The van der Waals surface area contributed by atoms with Crippen LogP contribution in [0.5, 0.6) is 11.5 Å². The molecule has 0 spiro atoms. The zero-order valence-electron chi connectivity index (χ0n) is 26.7. The molecule has 3 rings (SSSR count). The van der Waals surface area contributed by atoms with Gasteiger partial charge in [0.05, 0.1) is 24.2 Å². The van der Waals surface area contributed by atoms with Gasteiger partial charge < -0.3 is 24.1 Å². The van der Waals surface area contributed by atoms with E-state index < -0.39 is 29.9 Å². The fourth-order valence-electron chi connectivity index (χ4n) is 5.18. The second kappa shape index (κ2) is 17.1. The molecule has 0 radical (unpaired) electrons. The Bertz CT molecular complexity index is 1260. The first-order valence-electron chi connectivity index (χ1n) is 15.8. The van der Waals surface area contributed by atoms with Gasteiger partial charge in [0.15, 0.2) is 0 Å². The number of aliphatic hydroxyl groups excluding tert-OH is 1. The Labute approximate surface area is 261 Å². The summed E-state index contributed by atoms with van der Waals surface area (Å²) in [5, 5.41) is 9.64. The van der Waals surface area contributed by atoms with Gasteiger partial charge in [-0.3, -0.25) is 4.79 Å². The molecule has 1 saturated carbocycles. The van der Waals surface area contributed by atoms with Gasteiger partial charge in [-0.15, -0.1) is 0 Å². The summed E-state index contributed by atoms with van der Waals surface area (Å²) in [6, 6.07) is 11.7. The number of ether oxygens (including phenoxy) is 4. The van der Waals surface area contributed by atoms with Crippen LogP contribution in [0.3, 0.4) is 0 Å². The minimum atomic E-state index is -1.14. The summed E-state index contributed by atoms with van der Waals surface area (Å²) in [6.45, 7) is 8.69. The standard InChI is InChI=1S/C36H48O8/c1-6-7-8-9-10-11-26-12-17-29(18-13-26)43-34(39)31-22-28(16-21-32(31)44-35(40)36(3,4)24-37)27-14-19-30(20-15-27)42-33(38)25(2)23-41-5/h14-16,19-22,26,29,37H,2,6-13,17-18,23-24H2,1,3-5H3. The summed E-state index contributed by atoms with van der Waals surface area (Å²) in [6.07, 6.45) is 11.1. The van der Waals surface area contributed by atoms with E-state index in [0.29, 0.717) is 17.2 Å². The summed E-state index contributed by atoms with van der Waals surface area (Å²) in [5.41, 5.74) is 0.629. The maximum absolute atomic E-state index is 13.5. The van der Waals surface area contributed by atoms with Gasteiger partial charge in [0.1, 0.15) is 23.2 Å². The molecule has 0 unspecified atom stereocenters. The number of aliphatic hydroxyl groups is 1. The van der Waals surface area contributed by atoms with Crippen molar-refractivity contribution in [2.45, 2.75) is 91.1 Å². The molecular formula is C36H48O8. The molecule has 1 fully saturated rings. The molecule has 1 aliphatic carbocycles. The van der Waals surface area contributed by atoms with Crippen molar-refractivity contribution in [1.82, 2.24) is 0 Å². The molecular weight excluding hydrogens is 560 g/mol. The molecule has 0 aromatic heterocycles. The van der Waals surface area contributed by atoms with Crippen molar-refractivity contribution >= 4 is 17.9 Å². The fraction of sp³-hybridized carbons (Fsp3) is 0.528. The molecule has 0 amide bonds. The maximum atomic E-state index is 13.5. The summed E-state index contributed by atoms with van der Waals surface area (Å²) in [4.78, 5) is 38.5. The quantitative estimate of drug-likeness (QED) is 0.0905. The van der Waals surface area contributed by atoms with Crippen molar-refractivity contribution in [3.63, 3.8) is 0 Å². The average molecular weight is 609 g/mol. The van der Waals surface area contributed by atoms with E-state index in [4.69, 9.17) is 18.9 Å². The highest BCUT2D eigenvalue weighted by molar-refractivity contribution is 5.95. The lowest BCUT2D eigenvalue weighted by molar-refractivity contribution is -0.146. The predicted octanol–water partition coefficient (Wildman–Crippen LogP) is 7.46. The zero-order valence-corrected chi connectivity index (χ0v) is 26.7. The molecule has 0 saturated heterocycles. The van der Waals surface area contributed by atoms with Crippen molar-refractivity contribution in [1.29, 1.82) is 0 Å². The van der Waals surface area contributed by atoms with Crippen LogP contribution < -0.4 is 9.47 Å². The Morgan fingerprint density at radius 2 is 1.57 bits per heavy atom. The van der Waals surface area contributed by atoms with Gasteiger partial charge in [-0.05, 0) is 80.8 Å². The van der Waals surface area contributed by atoms with Gasteiger partial charge in [0.2, 0.25) is 0 Å². The second-order valence-corrected chi connectivity index (χ2v) is 12.3. The van der Waals surface area contributed by atoms with E-state index >= 15 is 0 Å². The number of hydrogen-bond acceptors (Lipinski definition) is 8. The highest BCUT2D eigenvalue weighted by Gasteiger charge is 2.31. The van der Waals surface area contributed by atoms with Crippen LogP contribution in [0, 0.1) is 11.3 Å². The van der Waals surface area contributed by atoms with Crippen LogP contribution in [0.4, 0.5) is 0 Å². The smallest absolute Gasteiger partial charge is 0.342 e. The van der Waals surface area contributed by atoms with Crippen LogP contribution in [-0.2, 0) is 19.1 Å². The SMILES string of the molecule is C=C(COC)C(=O)Oc1ccc(-c2ccc(OC(=O)C(C)(C)CO)c(C(=O)OC3CCC(CCCCCCC)CC3)c2)cc1. The van der Waals surface area contributed by atoms with E-state index in [1.165, 1.54) is 45.6 Å². The van der Waals surface area contributed by atoms with Crippen LogP contribution in [-0.4, -0.2) is 49.4 Å². The summed E-state index contributed by atoms with van der Waals surface area (Å²) in [5.74, 6) is -0.698. The number of esters is 3. The summed E-state index contributed by atoms with van der Waals surface area (Å²) in [7, 11) is 1.47. The number of carbonyl (C=O) groups is 3. The Balaban J connectivity index is 1.73. The Morgan fingerprint density at radius 1 is 0.909 bits per heavy atom. The van der Waals surface area contributed by atoms with Crippen LogP contribution in [0.2, 0.25) is 0 Å². The van der Waals surface area contributed by atoms with E-state index in [1.54, 1.807) is 56.3 Å². The second-order valence-electron chi connectivity index (χ2n) is 12.3. The Hall–Kier alpha value is -3.49. The first-order valence-corrected chi connectivity index (χ1v) is 15.8. The molecule has 2 aromatic rings. The summed E-state index contributed by atoms with van der Waals surface area (Å²) < 4.78 is 21.8. The van der Waals surface area contributed by atoms with E-state index in [2.05, 4.69) is 13.5 Å². The van der Waals surface area contributed by atoms with Gasteiger partial charge in [-0.25, -0.2) is 9.59 Å². The lowest BCUT2D eigenvalue weighted by Crippen LogP contribution is -2.33. The van der Waals surface area contributed by atoms with E-state index in [-0.39, 0.29) is 29.6 Å². The van der Waals surface area contributed by atoms with Crippen LogP contribution in [0.1, 0.15) is 95.3 Å². The molecule has 0 bridgehead atoms. The van der Waals surface area contributed by atoms with Gasteiger partial charge in [-0.2, -0.15) is 0 Å². The Morgan fingerprint density at radius 3 is 2.20 bits per heavy atom. The van der Waals surface area contributed by atoms with Crippen LogP contribution >= 0.6 is 0 Å². The number of rotatable bonds is 16. The van der Waals surface area contributed by atoms with Crippen molar-refractivity contribution in [2.75, 3.05) is 20.3 Å². The third-order valence-electron chi connectivity index (χ3n) is 8.14. The number of methoxy groups -OCH3 is 1. The largest absolute Gasteiger partial charge is 0.459 e. The van der Waals surface area contributed by atoms with Crippen molar-refractivity contribution in [3.8, 4) is 22.6 Å². The normalized spacial score (nSPS) is 16.7.